The molecule has 1 aromatic carbocycles. The third-order valence-corrected chi connectivity index (χ3v) is 5.31. The van der Waals surface area contributed by atoms with E-state index >= 15 is 0 Å². The van der Waals surface area contributed by atoms with Crippen molar-refractivity contribution < 1.29 is 14.4 Å². The zero-order chi connectivity index (χ0) is 20.1. The van der Waals surface area contributed by atoms with Crippen molar-refractivity contribution in [1.29, 1.82) is 0 Å². The third-order valence-electron chi connectivity index (χ3n) is 4.25. The Balaban J connectivity index is 1.48. The Kier molecular flexibility index (Phi) is 6.48. The largest absolute Gasteiger partial charge is 0.339 e. The lowest BCUT2D eigenvalue weighted by atomic mass is 10.3. The second kappa shape index (κ2) is 9.03. The van der Waals surface area contributed by atoms with Crippen molar-refractivity contribution in [3.63, 3.8) is 0 Å². The number of thiazole rings is 1. The summed E-state index contributed by atoms with van der Waals surface area (Å²) in [5.41, 5.74) is 1.23. The molecule has 0 bridgehead atoms. The van der Waals surface area contributed by atoms with Crippen LogP contribution in [-0.4, -0.2) is 58.8 Å². The number of nitrogens with one attached hydrogen (secondary N) is 2. The summed E-state index contributed by atoms with van der Waals surface area (Å²) in [5.74, 6) is -0.188. The molecule has 2 N–H and O–H groups in total. The molecule has 1 saturated heterocycles. The van der Waals surface area contributed by atoms with Gasteiger partial charge >= 0.3 is 6.03 Å². The van der Waals surface area contributed by atoms with E-state index in [-0.39, 0.29) is 24.3 Å². The van der Waals surface area contributed by atoms with Crippen molar-refractivity contribution in [2.75, 3.05) is 36.8 Å². The summed E-state index contributed by atoms with van der Waals surface area (Å²) in [4.78, 5) is 43.5. The lowest BCUT2D eigenvalue weighted by Crippen LogP contribution is -2.51. The molecular formula is C18H20ClN5O3S. The highest BCUT2D eigenvalue weighted by Crippen LogP contribution is 2.18. The quantitative estimate of drug-likeness (QED) is 0.793. The number of carbonyl (C=O) groups is 3. The summed E-state index contributed by atoms with van der Waals surface area (Å²) in [6, 6.07) is 6.58. The van der Waals surface area contributed by atoms with Crippen LogP contribution in [-0.2, 0) is 16.0 Å². The normalized spacial score (nSPS) is 13.9. The van der Waals surface area contributed by atoms with Gasteiger partial charge in [0.1, 0.15) is 0 Å². The van der Waals surface area contributed by atoms with E-state index in [2.05, 4.69) is 15.6 Å². The highest BCUT2D eigenvalue weighted by atomic mass is 35.5. The minimum Gasteiger partial charge on any atom is -0.339 e. The number of amides is 4. The van der Waals surface area contributed by atoms with Gasteiger partial charge in [0.25, 0.3) is 0 Å². The van der Waals surface area contributed by atoms with E-state index in [4.69, 9.17) is 11.6 Å². The summed E-state index contributed by atoms with van der Waals surface area (Å²) in [5, 5.41) is 8.30. The van der Waals surface area contributed by atoms with E-state index in [0.29, 0.717) is 47.7 Å². The molecule has 10 heteroatoms. The third kappa shape index (κ3) is 5.43. The number of rotatable bonds is 4. The maximum Gasteiger partial charge on any atom is 0.323 e. The number of hydrogen-bond acceptors (Lipinski definition) is 5. The second-order valence-corrected chi connectivity index (χ2v) is 7.59. The molecule has 0 spiro atoms. The van der Waals surface area contributed by atoms with Crippen LogP contribution in [0.3, 0.4) is 0 Å². The van der Waals surface area contributed by atoms with Gasteiger partial charge in [-0.05, 0) is 24.3 Å². The van der Waals surface area contributed by atoms with Crippen LogP contribution in [0.15, 0.2) is 29.6 Å². The number of nitrogens with zero attached hydrogens (tertiary/aromatic N) is 3. The topological polar surface area (TPSA) is 94.6 Å². The fourth-order valence-corrected chi connectivity index (χ4v) is 3.57. The van der Waals surface area contributed by atoms with Crippen molar-refractivity contribution >= 4 is 51.6 Å². The summed E-state index contributed by atoms with van der Waals surface area (Å²) < 4.78 is 0. The molecule has 2 aromatic rings. The van der Waals surface area contributed by atoms with E-state index in [1.165, 1.54) is 18.3 Å². The Hall–Kier alpha value is -2.65. The van der Waals surface area contributed by atoms with Crippen LogP contribution in [0.5, 0.6) is 0 Å². The fourth-order valence-electron chi connectivity index (χ4n) is 2.74. The summed E-state index contributed by atoms with van der Waals surface area (Å²) in [6.45, 7) is 3.53. The molecular weight excluding hydrogens is 402 g/mol. The van der Waals surface area contributed by atoms with Gasteiger partial charge in [-0.15, -0.1) is 11.3 Å². The SMILES string of the molecule is CC(=O)N1CCN(C(=O)Nc2nc(CC(=O)Nc3ccc(Cl)cc3)cs2)CC1. The summed E-state index contributed by atoms with van der Waals surface area (Å²) >= 11 is 7.09. The maximum absolute atomic E-state index is 12.3. The van der Waals surface area contributed by atoms with Gasteiger partial charge in [0.2, 0.25) is 11.8 Å². The smallest absolute Gasteiger partial charge is 0.323 e. The van der Waals surface area contributed by atoms with Gasteiger partial charge in [-0.3, -0.25) is 14.9 Å². The Labute approximate surface area is 171 Å². The minimum absolute atomic E-state index is 0.0153. The van der Waals surface area contributed by atoms with E-state index in [1.807, 2.05) is 0 Å². The van der Waals surface area contributed by atoms with Gasteiger partial charge in [0, 0.05) is 49.2 Å². The molecule has 2 heterocycles. The number of hydrogen-bond donors (Lipinski definition) is 2. The number of halogens is 1. The first-order chi connectivity index (χ1) is 13.4. The molecule has 0 atom stereocenters. The van der Waals surface area contributed by atoms with Crippen LogP contribution in [0.25, 0.3) is 0 Å². The van der Waals surface area contributed by atoms with Gasteiger partial charge in [-0.1, -0.05) is 11.6 Å². The first-order valence-corrected chi connectivity index (χ1v) is 9.98. The van der Waals surface area contributed by atoms with Crippen LogP contribution >= 0.6 is 22.9 Å². The molecule has 28 heavy (non-hydrogen) atoms. The van der Waals surface area contributed by atoms with Crippen LogP contribution < -0.4 is 10.6 Å². The molecule has 3 rings (SSSR count). The average molecular weight is 422 g/mol. The van der Waals surface area contributed by atoms with Crippen molar-refractivity contribution in [3.05, 3.63) is 40.4 Å². The number of aromatic nitrogens is 1. The lowest BCUT2D eigenvalue weighted by Gasteiger charge is -2.33. The van der Waals surface area contributed by atoms with Crippen molar-refractivity contribution in [2.45, 2.75) is 13.3 Å². The zero-order valence-corrected chi connectivity index (χ0v) is 16.8. The average Bonchev–Trinajstić information content (AvgIpc) is 3.10. The van der Waals surface area contributed by atoms with Gasteiger partial charge in [-0.2, -0.15) is 0 Å². The number of piperazine rings is 1. The molecule has 1 aliphatic heterocycles. The number of carbonyl (C=O) groups excluding carboxylic acids is 3. The molecule has 1 aliphatic rings. The molecule has 0 aliphatic carbocycles. The lowest BCUT2D eigenvalue weighted by molar-refractivity contribution is -0.130. The van der Waals surface area contributed by atoms with Gasteiger partial charge in [0.15, 0.2) is 5.13 Å². The standard InChI is InChI=1S/C18H20ClN5O3S/c1-12(25)23-6-8-24(9-7-23)18(27)22-17-21-15(11-28-17)10-16(26)20-14-4-2-13(19)3-5-14/h2-5,11H,6-10H2,1H3,(H,20,26)(H,21,22,27). The van der Waals surface area contributed by atoms with Gasteiger partial charge in [0.05, 0.1) is 12.1 Å². The van der Waals surface area contributed by atoms with E-state index in [1.54, 1.807) is 39.4 Å². The molecule has 0 radical (unpaired) electrons. The van der Waals surface area contributed by atoms with Crippen molar-refractivity contribution in [3.8, 4) is 0 Å². The zero-order valence-electron chi connectivity index (χ0n) is 15.3. The Morgan fingerprint density at radius 3 is 2.36 bits per heavy atom. The van der Waals surface area contributed by atoms with E-state index in [0.717, 1.165) is 0 Å². The van der Waals surface area contributed by atoms with E-state index in [9.17, 15) is 14.4 Å². The predicted molar refractivity (Wildman–Crippen MR) is 109 cm³/mol. The molecule has 8 nitrogen and oxygen atoms in total. The van der Waals surface area contributed by atoms with Crippen LogP contribution in [0.2, 0.25) is 5.02 Å². The van der Waals surface area contributed by atoms with E-state index < -0.39 is 0 Å². The van der Waals surface area contributed by atoms with Gasteiger partial charge < -0.3 is 15.1 Å². The van der Waals surface area contributed by atoms with Crippen LogP contribution in [0.4, 0.5) is 15.6 Å². The monoisotopic (exact) mass is 421 g/mol. The highest BCUT2D eigenvalue weighted by molar-refractivity contribution is 7.13. The van der Waals surface area contributed by atoms with Crippen molar-refractivity contribution in [2.24, 2.45) is 0 Å². The van der Waals surface area contributed by atoms with Crippen molar-refractivity contribution in [1.82, 2.24) is 14.8 Å². The molecule has 148 valence electrons. The molecule has 4 amide bonds. The Morgan fingerprint density at radius 1 is 1.07 bits per heavy atom. The number of benzene rings is 1. The molecule has 1 fully saturated rings. The number of urea groups is 1. The first kappa shape index (κ1) is 20.1. The molecule has 0 saturated carbocycles. The Morgan fingerprint density at radius 2 is 1.71 bits per heavy atom. The van der Waals surface area contributed by atoms with Gasteiger partial charge in [-0.25, -0.2) is 9.78 Å². The second-order valence-electron chi connectivity index (χ2n) is 6.30. The summed E-state index contributed by atoms with van der Waals surface area (Å²) in [7, 11) is 0. The first-order valence-electron chi connectivity index (χ1n) is 8.72. The maximum atomic E-state index is 12.3. The predicted octanol–water partition coefficient (Wildman–Crippen LogP) is 2.67. The number of anilines is 2. The highest BCUT2D eigenvalue weighted by Gasteiger charge is 2.23. The van der Waals surface area contributed by atoms with Crippen LogP contribution in [0, 0.1) is 0 Å². The minimum atomic E-state index is -0.255. The fraction of sp³-hybridized carbons (Fsp3) is 0.333. The van der Waals surface area contributed by atoms with Crippen LogP contribution in [0.1, 0.15) is 12.6 Å². The Bertz CT molecular complexity index is 862. The summed E-state index contributed by atoms with van der Waals surface area (Å²) in [6.07, 6.45) is 0.103. The molecule has 0 unspecified atom stereocenters. The molecule has 1 aromatic heterocycles.